The molecule has 5 heteroatoms. The molecule has 1 nitrogen and oxygen atoms in total. The first-order valence-corrected chi connectivity index (χ1v) is 6.03. The molecule has 1 heterocycles. The number of hydrogen-bond acceptors (Lipinski definition) is 2. The van der Waals surface area contributed by atoms with E-state index in [4.69, 9.17) is 23.2 Å². The molecule has 0 spiro atoms. The Labute approximate surface area is 106 Å². The summed E-state index contributed by atoms with van der Waals surface area (Å²) < 4.78 is 13.5. The minimum atomic E-state index is -0.824. The first-order valence-electron chi connectivity index (χ1n) is 4.46. The smallest absolute Gasteiger partial charge is 0.141 e. The lowest BCUT2D eigenvalue weighted by Gasteiger charge is -2.09. The lowest BCUT2D eigenvalue weighted by atomic mass is 10.1. The van der Waals surface area contributed by atoms with E-state index in [0.717, 1.165) is 0 Å². The summed E-state index contributed by atoms with van der Waals surface area (Å²) in [6.45, 7) is 0. The molecule has 1 unspecified atom stereocenters. The molecule has 1 aromatic heterocycles. The molecule has 1 atom stereocenters. The molecule has 1 N–H and O–H groups in total. The zero-order chi connectivity index (χ0) is 11.7. The zero-order valence-electron chi connectivity index (χ0n) is 7.95. The Morgan fingerprint density at radius 1 is 1.19 bits per heavy atom. The summed E-state index contributed by atoms with van der Waals surface area (Å²) in [6.07, 6.45) is -0.824. The standard InChI is InChI=1S/C11H7Cl2FOS/c12-7-5-6(1-2-8(7)14)11(15)9-3-4-10(13)16-9/h1-5,11,15H. The van der Waals surface area contributed by atoms with Crippen LogP contribution in [0.1, 0.15) is 16.5 Å². The van der Waals surface area contributed by atoms with E-state index < -0.39 is 11.9 Å². The average molecular weight is 277 g/mol. The van der Waals surface area contributed by atoms with E-state index in [0.29, 0.717) is 14.8 Å². The SMILES string of the molecule is OC(c1ccc(F)c(Cl)c1)c1ccc(Cl)s1. The van der Waals surface area contributed by atoms with Crippen LogP contribution in [0.4, 0.5) is 4.39 Å². The molecule has 0 aliphatic heterocycles. The molecular weight excluding hydrogens is 270 g/mol. The molecule has 0 saturated heterocycles. The van der Waals surface area contributed by atoms with Crippen molar-refractivity contribution in [2.45, 2.75) is 6.10 Å². The highest BCUT2D eigenvalue weighted by atomic mass is 35.5. The van der Waals surface area contributed by atoms with Crippen molar-refractivity contribution in [2.24, 2.45) is 0 Å². The molecule has 2 rings (SSSR count). The van der Waals surface area contributed by atoms with Crippen molar-refractivity contribution in [1.82, 2.24) is 0 Å². The average Bonchev–Trinajstić information content (AvgIpc) is 2.68. The summed E-state index contributed by atoms with van der Waals surface area (Å²) in [5.74, 6) is -0.498. The molecule has 0 saturated carbocycles. The van der Waals surface area contributed by atoms with Gasteiger partial charge in [0.1, 0.15) is 11.9 Å². The number of benzene rings is 1. The maximum absolute atomic E-state index is 12.9. The van der Waals surface area contributed by atoms with Crippen LogP contribution in [0.25, 0.3) is 0 Å². The van der Waals surface area contributed by atoms with Crippen LogP contribution in [0.5, 0.6) is 0 Å². The van der Waals surface area contributed by atoms with Crippen LogP contribution in [-0.2, 0) is 0 Å². The van der Waals surface area contributed by atoms with Gasteiger partial charge in [0.2, 0.25) is 0 Å². The lowest BCUT2D eigenvalue weighted by Crippen LogP contribution is -1.97. The summed E-state index contributed by atoms with van der Waals surface area (Å²) in [6, 6.07) is 7.58. The monoisotopic (exact) mass is 276 g/mol. The molecule has 16 heavy (non-hydrogen) atoms. The molecule has 0 aliphatic rings. The van der Waals surface area contributed by atoms with Crippen LogP contribution in [0.2, 0.25) is 9.36 Å². The highest BCUT2D eigenvalue weighted by molar-refractivity contribution is 7.16. The Bertz CT molecular complexity index is 512. The highest BCUT2D eigenvalue weighted by Gasteiger charge is 2.14. The van der Waals surface area contributed by atoms with Gasteiger partial charge in [-0.25, -0.2) is 4.39 Å². The van der Waals surface area contributed by atoms with E-state index in [1.165, 1.54) is 29.5 Å². The fraction of sp³-hybridized carbons (Fsp3) is 0.0909. The molecule has 2 aromatic rings. The van der Waals surface area contributed by atoms with Gasteiger partial charge in [-0.05, 0) is 29.8 Å². The summed E-state index contributed by atoms with van der Waals surface area (Å²) in [5.41, 5.74) is 0.546. The van der Waals surface area contributed by atoms with E-state index >= 15 is 0 Å². The normalized spacial score (nSPS) is 12.8. The Hall–Kier alpha value is -0.610. The molecule has 0 radical (unpaired) electrons. The minimum absolute atomic E-state index is 0.000738. The van der Waals surface area contributed by atoms with E-state index in [1.54, 1.807) is 12.1 Å². The van der Waals surface area contributed by atoms with Gasteiger partial charge >= 0.3 is 0 Å². The molecule has 84 valence electrons. The molecule has 0 bridgehead atoms. The van der Waals surface area contributed by atoms with Crippen molar-refractivity contribution in [3.05, 3.63) is 55.9 Å². The predicted molar refractivity (Wildman–Crippen MR) is 64.8 cm³/mol. The van der Waals surface area contributed by atoms with E-state index in [2.05, 4.69) is 0 Å². The third-order valence-electron chi connectivity index (χ3n) is 2.12. The van der Waals surface area contributed by atoms with Crippen LogP contribution >= 0.6 is 34.5 Å². The maximum Gasteiger partial charge on any atom is 0.141 e. The topological polar surface area (TPSA) is 20.2 Å². The largest absolute Gasteiger partial charge is 0.383 e. The second kappa shape index (κ2) is 4.72. The van der Waals surface area contributed by atoms with Gasteiger partial charge in [0.25, 0.3) is 0 Å². The number of aliphatic hydroxyl groups excluding tert-OH is 1. The summed E-state index contributed by atoms with van der Waals surface area (Å²) >= 11 is 12.7. The van der Waals surface area contributed by atoms with Crippen LogP contribution in [0, 0.1) is 5.82 Å². The highest BCUT2D eigenvalue weighted by Crippen LogP contribution is 2.32. The summed E-state index contributed by atoms with van der Waals surface area (Å²) in [5, 5.41) is 9.99. The molecule has 0 fully saturated rings. The summed E-state index contributed by atoms with van der Waals surface area (Å²) in [7, 11) is 0. The number of hydrogen-bond donors (Lipinski definition) is 1. The lowest BCUT2D eigenvalue weighted by molar-refractivity contribution is 0.224. The number of halogens is 3. The molecular formula is C11H7Cl2FOS. The van der Waals surface area contributed by atoms with Crippen molar-refractivity contribution >= 4 is 34.5 Å². The van der Waals surface area contributed by atoms with Crippen LogP contribution in [-0.4, -0.2) is 5.11 Å². The molecule has 0 amide bonds. The fourth-order valence-electron chi connectivity index (χ4n) is 1.32. The van der Waals surface area contributed by atoms with E-state index in [1.807, 2.05) is 0 Å². The number of rotatable bonds is 2. The second-order valence-electron chi connectivity index (χ2n) is 3.22. The Kier molecular flexibility index (Phi) is 3.50. The van der Waals surface area contributed by atoms with Crippen molar-refractivity contribution in [2.75, 3.05) is 0 Å². The van der Waals surface area contributed by atoms with Crippen molar-refractivity contribution in [3.63, 3.8) is 0 Å². The van der Waals surface area contributed by atoms with Crippen molar-refractivity contribution in [1.29, 1.82) is 0 Å². The number of thiophene rings is 1. The third-order valence-corrected chi connectivity index (χ3v) is 3.70. The van der Waals surface area contributed by atoms with Gasteiger partial charge in [-0.15, -0.1) is 11.3 Å². The molecule has 0 aliphatic carbocycles. The van der Waals surface area contributed by atoms with Gasteiger partial charge in [-0.2, -0.15) is 0 Å². The van der Waals surface area contributed by atoms with E-state index in [9.17, 15) is 9.50 Å². The van der Waals surface area contributed by atoms with Crippen molar-refractivity contribution in [3.8, 4) is 0 Å². The van der Waals surface area contributed by atoms with E-state index in [-0.39, 0.29) is 5.02 Å². The first kappa shape index (κ1) is 11.9. The Morgan fingerprint density at radius 2 is 1.94 bits per heavy atom. The van der Waals surface area contributed by atoms with Crippen LogP contribution in [0.15, 0.2) is 30.3 Å². The minimum Gasteiger partial charge on any atom is -0.383 e. The van der Waals surface area contributed by atoms with Crippen LogP contribution < -0.4 is 0 Å². The Morgan fingerprint density at radius 3 is 2.50 bits per heavy atom. The Balaban J connectivity index is 2.33. The van der Waals surface area contributed by atoms with Crippen LogP contribution in [0.3, 0.4) is 0 Å². The van der Waals surface area contributed by atoms with Gasteiger partial charge in [0.05, 0.1) is 9.36 Å². The van der Waals surface area contributed by atoms with Gasteiger partial charge in [0, 0.05) is 4.88 Å². The zero-order valence-corrected chi connectivity index (χ0v) is 10.3. The van der Waals surface area contributed by atoms with Gasteiger partial charge in [-0.3, -0.25) is 0 Å². The maximum atomic E-state index is 12.9. The van der Waals surface area contributed by atoms with Gasteiger partial charge in [0.15, 0.2) is 0 Å². The fourth-order valence-corrected chi connectivity index (χ4v) is 2.59. The molecule has 1 aromatic carbocycles. The third kappa shape index (κ3) is 2.38. The number of aliphatic hydroxyl groups is 1. The first-order chi connectivity index (χ1) is 7.58. The summed E-state index contributed by atoms with van der Waals surface area (Å²) in [4.78, 5) is 0.702. The second-order valence-corrected chi connectivity index (χ2v) is 5.37. The van der Waals surface area contributed by atoms with Gasteiger partial charge in [-0.1, -0.05) is 29.3 Å². The van der Waals surface area contributed by atoms with Gasteiger partial charge < -0.3 is 5.11 Å². The quantitative estimate of drug-likeness (QED) is 0.868. The van der Waals surface area contributed by atoms with Crippen molar-refractivity contribution < 1.29 is 9.50 Å². The predicted octanol–water partition coefficient (Wildman–Crippen LogP) is 4.28.